The molecule has 44 heavy (non-hydrogen) atoms. The largest absolute Gasteiger partial charge is 0.493 e. The van der Waals surface area contributed by atoms with E-state index in [-0.39, 0.29) is 10.6 Å². The first-order chi connectivity index (χ1) is 21.2. The Balaban J connectivity index is 1.52. The number of carbonyl (C=O) groups excluding carboxylic acids is 1. The Hall–Kier alpha value is -4.55. The molecule has 1 N–H and O–H groups in total. The molecular formula is C32H32BrN3O7S. The number of methoxy groups -OCH3 is 3. The van der Waals surface area contributed by atoms with Crippen molar-refractivity contribution in [2.24, 2.45) is 5.10 Å². The average Bonchev–Trinajstić information content (AvgIpc) is 3.03. The van der Waals surface area contributed by atoms with Gasteiger partial charge in [0.25, 0.3) is 15.9 Å². The summed E-state index contributed by atoms with van der Waals surface area (Å²) in [7, 11) is 0.203. The highest BCUT2D eigenvalue weighted by molar-refractivity contribution is 9.10. The SMILES string of the molecule is COc1ccc(S(=O)(=O)N(CC(=O)N/N=C\c2cc(Br)c(OCc3ccccc3)c(OC)c2)c2ccc(C)cc2)cc1OC. The van der Waals surface area contributed by atoms with Crippen LogP contribution in [0, 0.1) is 6.92 Å². The van der Waals surface area contributed by atoms with Gasteiger partial charge in [0.05, 0.1) is 42.6 Å². The smallest absolute Gasteiger partial charge is 0.264 e. The van der Waals surface area contributed by atoms with Gasteiger partial charge in [-0.3, -0.25) is 9.10 Å². The second-order valence-electron chi connectivity index (χ2n) is 9.47. The maximum absolute atomic E-state index is 13.8. The zero-order chi connectivity index (χ0) is 31.7. The van der Waals surface area contributed by atoms with E-state index < -0.39 is 22.5 Å². The number of rotatable bonds is 13. The summed E-state index contributed by atoms with van der Waals surface area (Å²) in [4.78, 5) is 12.9. The molecule has 0 bridgehead atoms. The van der Waals surface area contributed by atoms with Gasteiger partial charge < -0.3 is 18.9 Å². The lowest BCUT2D eigenvalue weighted by atomic mass is 10.2. The number of hydrogen-bond acceptors (Lipinski definition) is 8. The van der Waals surface area contributed by atoms with Crippen LogP contribution >= 0.6 is 15.9 Å². The van der Waals surface area contributed by atoms with Crippen LogP contribution in [-0.4, -0.2) is 48.4 Å². The monoisotopic (exact) mass is 681 g/mol. The van der Waals surface area contributed by atoms with Crippen molar-refractivity contribution in [3.05, 3.63) is 106 Å². The molecule has 10 nitrogen and oxygen atoms in total. The van der Waals surface area contributed by atoms with Crippen LogP contribution in [0.3, 0.4) is 0 Å². The molecule has 0 aromatic heterocycles. The fourth-order valence-corrected chi connectivity index (χ4v) is 6.17. The molecule has 12 heteroatoms. The van der Waals surface area contributed by atoms with E-state index in [9.17, 15) is 13.2 Å². The fourth-order valence-electron chi connectivity index (χ4n) is 4.16. The van der Waals surface area contributed by atoms with E-state index in [0.29, 0.717) is 39.6 Å². The minimum atomic E-state index is -4.19. The average molecular weight is 683 g/mol. The van der Waals surface area contributed by atoms with Gasteiger partial charge in [0.1, 0.15) is 13.2 Å². The van der Waals surface area contributed by atoms with Crippen molar-refractivity contribution in [3.63, 3.8) is 0 Å². The summed E-state index contributed by atoms with van der Waals surface area (Å²) in [6, 6.07) is 24.2. The van der Waals surface area contributed by atoms with Crippen LogP contribution in [0.5, 0.6) is 23.0 Å². The van der Waals surface area contributed by atoms with Crippen LogP contribution in [0.4, 0.5) is 5.69 Å². The molecule has 0 fully saturated rings. The molecule has 0 heterocycles. The predicted octanol–water partition coefficient (Wildman–Crippen LogP) is 5.71. The summed E-state index contributed by atoms with van der Waals surface area (Å²) >= 11 is 3.52. The van der Waals surface area contributed by atoms with Crippen molar-refractivity contribution in [1.82, 2.24) is 5.43 Å². The first-order valence-electron chi connectivity index (χ1n) is 13.3. The van der Waals surface area contributed by atoms with Gasteiger partial charge in [-0.1, -0.05) is 48.0 Å². The molecule has 0 saturated carbocycles. The molecule has 230 valence electrons. The van der Waals surface area contributed by atoms with Crippen molar-refractivity contribution in [2.45, 2.75) is 18.4 Å². The lowest BCUT2D eigenvalue weighted by Crippen LogP contribution is -2.39. The normalized spacial score (nSPS) is 11.2. The highest BCUT2D eigenvalue weighted by Gasteiger charge is 2.28. The molecule has 0 atom stereocenters. The zero-order valence-electron chi connectivity index (χ0n) is 24.6. The zero-order valence-corrected chi connectivity index (χ0v) is 27.0. The molecule has 4 aromatic carbocycles. The van der Waals surface area contributed by atoms with Crippen molar-refractivity contribution in [2.75, 3.05) is 32.2 Å². The summed E-state index contributed by atoms with van der Waals surface area (Å²) in [6.45, 7) is 1.70. The Labute approximate surface area is 265 Å². The quantitative estimate of drug-likeness (QED) is 0.142. The highest BCUT2D eigenvalue weighted by atomic mass is 79.9. The predicted molar refractivity (Wildman–Crippen MR) is 172 cm³/mol. The first-order valence-corrected chi connectivity index (χ1v) is 15.6. The molecule has 0 spiro atoms. The fraction of sp³-hybridized carbons (Fsp3) is 0.188. The number of halogens is 1. The third-order valence-electron chi connectivity index (χ3n) is 6.43. The summed E-state index contributed by atoms with van der Waals surface area (Å²) in [5.41, 5.74) is 5.27. The standard InChI is InChI=1S/C32H32BrN3O7S/c1-22-10-12-25(13-11-22)36(44(38,39)26-14-15-28(40-2)29(18-26)41-3)20-31(37)35-34-19-24-16-27(33)32(30(17-24)42-4)43-21-23-8-6-5-7-9-23/h5-19H,20-21H2,1-4H3,(H,35,37)/b34-19-. The Morgan fingerprint density at radius 3 is 2.23 bits per heavy atom. The topological polar surface area (TPSA) is 116 Å². The van der Waals surface area contributed by atoms with Gasteiger partial charge in [-0.2, -0.15) is 5.10 Å². The molecule has 1 amide bonds. The van der Waals surface area contributed by atoms with Gasteiger partial charge in [0, 0.05) is 6.07 Å². The van der Waals surface area contributed by atoms with Crippen LogP contribution in [0.1, 0.15) is 16.7 Å². The van der Waals surface area contributed by atoms with Gasteiger partial charge in [0.15, 0.2) is 23.0 Å². The van der Waals surface area contributed by atoms with Crippen LogP contribution in [0.25, 0.3) is 0 Å². The van der Waals surface area contributed by atoms with Crippen molar-refractivity contribution in [1.29, 1.82) is 0 Å². The minimum absolute atomic E-state index is 0.0708. The molecule has 0 aliphatic rings. The summed E-state index contributed by atoms with van der Waals surface area (Å²) in [5.74, 6) is 0.949. The maximum Gasteiger partial charge on any atom is 0.264 e. The number of hydrogen-bond donors (Lipinski definition) is 1. The van der Waals surface area contributed by atoms with E-state index in [2.05, 4.69) is 26.5 Å². The van der Waals surface area contributed by atoms with E-state index in [1.54, 1.807) is 36.4 Å². The number of nitrogens with zero attached hydrogens (tertiary/aromatic N) is 2. The molecule has 0 aliphatic heterocycles. The number of carbonyl (C=O) groups is 1. The number of hydrazone groups is 1. The number of benzene rings is 4. The van der Waals surface area contributed by atoms with Gasteiger partial charge in [0.2, 0.25) is 0 Å². The van der Waals surface area contributed by atoms with Crippen molar-refractivity contribution >= 4 is 43.8 Å². The Morgan fingerprint density at radius 2 is 1.57 bits per heavy atom. The summed E-state index contributed by atoms with van der Waals surface area (Å²) < 4.78 is 51.2. The van der Waals surface area contributed by atoms with Crippen molar-refractivity contribution in [3.8, 4) is 23.0 Å². The van der Waals surface area contributed by atoms with E-state index in [0.717, 1.165) is 15.4 Å². The van der Waals surface area contributed by atoms with Gasteiger partial charge in [-0.15, -0.1) is 0 Å². The summed E-state index contributed by atoms with van der Waals surface area (Å²) in [5, 5.41) is 4.05. The molecule has 4 rings (SSSR count). The van der Waals surface area contributed by atoms with Crippen LogP contribution in [0.2, 0.25) is 0 Å². The van der Waals surface area contributed by atoms with Gasteiger partial charge in [-0.05, 0) is 70.4 Å². The first kappa shape index (κ1) is 32.4. The van der Waals surface area contributed by atoms with E-state index in [4.69, 9.17) is 18.9 Å². The Morgan fingerprint density at radius 1 is 0.886 bits per heavy atom. The molecule has 4 aromatic rings. The molecule has 0 aliphatic carbocycles. The minimum Gasteiger partial charge on any atom is -0.493 e. The van der Waals surface area contributed by atoms with E-state index >= 15 is 0 Å². The highest BCUT2D eigenvalue weighted by Crippen LogP contribution is 2.37. The molecular weight excluding hydrogens is 650 g/mol. The number of amides is 1. The third kappa shape index (κ3) is 7.88. The molecule has 0 unspecified atom stereocenters. The third-order valence-corrected chi connectivity index (χ3v) is 8.79. The molecule has 0 radical (unpaired) electrons. The van der Waals surface area contributed by atoms with Crippen LogP contribution in [0.15, 0.2) is 99.4 Å². The molecule has 0 saturated heterocycles. The van der Waals surface area contributed by atoms with E-state index in [1.807, 2.05) is 37.3 Å². The lowest BCUT2D eigenvalue weighted by molar-refractivity contribution is -0.119. The van der Waals surface area contributed by atoms with Crippen LogP contribution < -0.4 is 28.7 Å². The Bertz CT molecular complexity index is 1730. The number of sulfonamides is 1. The number of aryl methyl sites for hydroxylation is 1. The Kier molecular flexibility index (Phi) is 10.9. The van der Waals surface area contributed by atoms with E-state index in [1.165, 1.54) is 45.7 Å². The summed E-state index contributed by atoms with van der Waals surface area (Å²) in [6.07, 6.45) is 1.42. The number of anilines is 1. The van der Waals surface area contributed by atoms with Crippen molar-refractivity contribution < 1.29 is 32.2 Å². The number of ether oxygens (including phenoxy) is 4. The van der Waals surface area contributed by atoms with Gasteiger partial charge in [-0.25, -0.2) is 13.8 Å². The maximum atomic E-state index is 13.8. The number of nitrogens with one attached hydrogen (secondary N) is 1. The van der Waals surface area contributed by atoms with Gasteiger partial charge >= 0.3 is 0 Å². The second kappa shape index (κ2) is 14.8. The second-order valence-corrected chi connectivity index (χ2v) is 12.2. The van der Waals surface area contributed by atoms with Crippen LogP contribution in [-0.2, 0) is 21.4 Å². The lowest BCUT2D eigenvalue weighted by Gasteiger charge is -2.24.